The molecule has 0 bridgehead atoms. The zero-order chi connectivity index (χ0) is 20.6. The number of benzene rings is 1. The molecule has 2 aromatic rings. The minimum absolute atomic E-state index is 0.253. The van der Waals surface area contributed by atoms with Gasteiger partial charge in [-0.15, -0.1) is 0 Å². The van der Waals surface area contributed by atoms with Crippen LogP contribution in [0.15, 0.2) is 42.7 Å². The zero-order valence-electron chi connectivity index (χ0n) is 18.2. The van der Waals surface area contributed by atoms with E-state index in [1.54, 1.807) is 0 Å². The fraction of sp³-hybridized carbons (Fsp3) is 0.560. The van der Waals surface area contributed by atoms with Gasteiger partial charge in [-0.25, -0.2) is 0 Å². The Morgan fingerprint density at radius 2 is 1.76 bits per heavy atom. The molecule has 2 aliphatic heterocycles. The van der Waals surface area contributed by atoms with Crippen molar-refractivity contribution in [3.8, 4) is 0 Å². The fourth-order valence-corrected chi connectivity index (χ4v) is 5.26. The number of hydrogen-bond donors (Lipinski definition) is 1. The molecule has 2 saturated heterocycles. The first-order chi connectivity index (χ1) is 13.8. The molecule has 0 aliphatic carbocycles. The van der Waals surface area contributed by atoms with Crippen molar-refractivity contribution in [3.05, 3.63) is 65.0 Å². The summed E-state index contributed by atoms with van der Waals surface area (Å²) in [6.45, 7) is 9.92. The zero-order valence-corrected chi connectivity index (χ0v) is 18.2. The van der Waals surface area contributed by atoms with Crippen LogP contribution in [-0.4, -0.2) is 48.3 Å². The molecule has 156 valence electrons. The second kappa shape index (κ2) is 7.82. The van der Waals surface area contributed by atoms with Crippen molar-refractivity contribution in [2.24, 2.45) is 5.41 Å². The molecular weight excluding hydrogens is 360 g/mol. The second-order valence-corrected chi connectivity index (χ2v) is 9.61. The van der Waals surface area contributed by atoms with Crippen molar-refractivity contribution in [1.82, 2.24) is 9.88 Å². The van der Waals surface area contributed by atoms with Gasteiger partial charge >= 0.3 is 0 Å². The van der Waals surface area contributed by atoms with E-state index in [9.17, 15) is 5.11 Å². The first-order valence-electron chi connectivity index (χ1n) is 10.9. The Bertz CT molecular complexity index is 836. The lowest BCUT2D eigenvalue weighted by atomic mass is 9.62. The van der Waals surface area contributed by atoms with E-state index < -0.39 is 5.60 Å². The fourth-order valence-electron chi connectivity index (χ4n) is 5.26. The third-order valence-electron chi connectivity index (χ3n) is 6.98. The van der Waals surface area contributed by atoms with E-state index in [4.69, 9.17) is 4.74 Å². The average Bonchev–Trinajstić information content (AvgIpc) is 2.73. The van der Waals surface area contributed by atoms with Gasteiger partial charge in [-0.3, -0.25) is 4.98 Å². The van der Waals surface area contributed by atoms with Crippen molar-refractivity contribution in [2.75, 3.05) is 33.4 Å². The lowest BCUT2D eigenvalue weighted by molar-refractivity contribution is -0.127. The molecule has 0 spiro atoms. The van der Waals surface area contributed by atoms with E-state index in [2.05, 4.69) is 68.0 Å². The van der Waals surface area contributed by atoms with Gasteiger partial charge in [0.1, 0.15) is 5.60 Å². The molecule has 4 rings (SSSR count). The highest BCUT2D eigenvalue weighted by Crippen LogP contribution is 2.50. The monoisotopic (exact) mass is 394 g/mol. The third kappa shape index (κ3) is 3.63. The number of hydrogen-bond acceptors (Lipinski definition) is 4. The van der Waals surface area contributed by atoms with Crippen LogP contribution in [-0.2, 0) is 10.3 Å². The first kappa shape index (κ1) is 20.5. The van der Waals surface area contributed by atoms with Crippen LogP contribution in [0.2, 0.25) is 0 Å². The van der Waals surface area contributed by atoms with Gasteiger partial charge in [0.15, 0.2) is 0 Å². The Hall–Kier alpha value is -1.75. The molecule has 4 heteroatoms. The molecule has 4 nitrogen and oxygen atoms in total. The summed E-state index contributed by atoms with van der Waals surface area (Å²) in [7, 11) is 2.11. The quantitative estimate of drug-likeness (QED) is 0.822. The summed E-state index contributed by atoms with van der Waals surface area (Å²) >= 11 is 0. The maximum absolute atomic E-state index is 12.3. The largest absolute Gasteiger partial charge is 0.381 e. The minimum Gasteiger partial charge on any atom is -0.381 e. The number of rotatable bonds is 5. The van der Waals surface area contributed by atoms with Crippen molar-refractivity contribution in [1.29, 1.82) is 0 Å². The lowest BCUT2D eigenvalue weighted by Crippen LogP contribution is -2.63. The van der Waals surface area contributed by atoms with Crippen LogP contribution in [0.3, 0.4) is 0 Å². The summed E-state index contributed by atoms with van der Waals surface area (Å²) in [6.07, 6.45) is 5.87. The van der Waals surface area contributed by atoms with Crippen LogP contribution < -0.4 is 0 Å². The van der Waals surface area contributed by atoms with Crippen LogP contribution in [0.4, 0.5) is 0 Å². The van der Waals surface area contributed by atoms with Gasteiger partial charge in [0, 0.05) is 49.7 Å². The molecule has 29 heavy (non-hydrogen) atoms. The number of likely N-dealkylation sites (tertiary alicyclic amines) is 1. The smallest absolute Gasteiger partial charge is 0.124 e. The first-order valence-corrected chi connectivity index (χ1v) is 10.9. The van der Waals surface area contributed by atoms with Gasteiger partial charge in [0.25, 0.3) is 0 Å². The molecule has 0 amide bonds. The highest BCUT2D eigenvalue weighted by molar-refractivity contribution is 5.42. The summed E-state index contributed by atoms with van der Waals surface area (Å²) in [5.41, 5.74) is 3.07. The van der Waals surface area contributed by atoms with E-state index in [1.807, 2.05) is 12.4 Å². The van der Waals surface area contributed by atoms with E-state index in [0.29, 0.717) is 11.8 Å². The molecule has 0 unspecified atom stereocenters. The molecule has 3 heterocycles. The Morgan fingerprint density at radius 3 is 2.34 bits per heavy atom. The summed E-state index contributed by atoms with van der Waals surface area (Å²) < 4.78 is 5.54. The highest BCUT2D eigenvalue weighted by Gasteiger charge is 2.55. The van der Waals surface area contributed by atoms with Gasteiger partial charge in [-0.2, -0.15) is 0 Å². The number of aromatic nitrogens is 1. The maximum atomic E-state index is 12.3. The number of aliphatic hydroxyl groups is 1. The standard InChI is InChI=1S/C25H34N2O2/c1-18(2)19-5-7-22(8-6-19)25(28,24(3)16-27(4)17-24)23-13-21(14-26-15-23)20-9-11-29-12-10-20/h5-8,13-15,18,20,28H,9-12,16-17H2,1-4H3/t25-/m0/s1. The predicted molar refractivity (Wildman–Crippen MR) is 116 cm³/mol. The average molecular weight is 395 g/mol. The van der Waals surface area contributed by atoms with Gasteiger partial charge < -0.3 is 14.7 Å². The highest BCUT2D eigenvalue weighted by atomic mass is 16.5. The number of pyridine rings is 1. The molecule has 1 aromatic carbocycles. The Morgan fingerprint density at radius 1 is 1.10 bits per heavy atom. The van der Waals surface area contributed by atoms with Crippen molar-refractivity contribution in [2.45, 2.75) is 51.0 Å². The van der Waals surface area contributed by atoms with Crippen LogP contribution in [0.5, 0.6) is 0 Å². The Balaban J connectivity index is 1.77. The lowest BCUT2D eigenvalue weighted by Gasteiger charge is -2.56. The van der Waals surface area contributed by atoms with E-state index in [-0.39, 0.29) is 5.41 Å². The van der Waals surface area contributed by atoms with Gasteiger partial charge in [0.2, 0.25) is 0 Å². The van der Waals surface area contributed by atoms with Crippen LogP contribution in [0.1, 0.15) is 67.7 Å². The number of ether oxygens (including phenoxy) is 1. The third-order valence-corrected chi connectivity index (χ3v) is 6.98. The molecule has 1 N–H and O–H groups in total. The van der Waals surface area contributed by atoms with Crippen LogP contribution in [0, 0.1) is 5.41 Å². The molecular formula is C25H34N2O2. The van der Waals surface area contributed by atoms with Gasteiger partial charge in [0.05, 0.1) is 0 Å². The minimum atomic E-state index is -1.07. The summed E-state index contributed by atoms with van der Waals surface area (Å²) in [5.74, 6) is 0.932. The molecule has 1 atom stereocenters. The topological polar surface area (TPSA) is 45.6 Å². The Labute approximate surface area is 174 Å². The summed E-state index contributed by atoms with van der Waals surface area (Å²) in [4.78, 5) is 6.84. The maximum Gasteiger partial charge on any atom is 0.124 e. The van der Waals surface area contributed by atoms with Gasteiger partial charge in [-0.05, 0) is 54.5 Å². The number of nitrogens with zero attached hydrogens (tertiary/aromatic N) is 2. The van der Waals surface area contributed by atoms with E-state index >= 15 is 0 Å². The van der Waals surface area contributed by atoms with Crippen LogP contribution in [0.25, 0.3) is 0 Å². The SMILES string of the molecule is CC(C)c1ccc([C@](O)(c2cncc(C3CCOCC3)c2)C2(C)CN(C)C2)cc1. The van der Waals surface area contributed by atoms with Gasteiger partial charge in [-0.1, -0.05) is 45.0 Å². The van der Waals surface area contributed by atoms with Crippen molar-refractivity contribution >= 4 is 0 Å². The molecule has 0 radical (unpaired) electrons. The molecule has 2 aliphatic rings. The van der Waals surface area contributed by atoms with E-state index in [1.165, 1.54) is 11.1 Å². The summed E-state index contributed by atoms with van der Waals surface area (Å²) in [6, 6.07) is 10.7. The van der Waals surface area contributed by atoms with Crippen molar-refractivity contribution < 1.29 is 9.84 Å². The molecule has 0 saturated carbocycles. The molecule has 1 aromatic heterocycles. The predicted octanol–water partition coefficient (Wildman–Crippen LogP) is 4.29. The summed E-state index contributed by atoms with van der Waals surface area (Å²) in [5, 5.41) is 12.3. The van der Waals surface area contributed by atoms with Crippen molar-refractivity contribution in [3.63, 3.8) is 0 Å². The second-order valence-electron chi connectivity index (χ2n) is 9.61. The Kier molecular flexibility index (Phi) is 5.54. The van der Waals surface area contributed by atoms with Crippen LogP contribution >= 0.6 is 0 Å². The molecule has 2 fully saturated rings. The van der Waals surface area contributed by atoms with E-state index in [0.717, 1.165) is 50.3 Å². The normalized spacial score (nSPS) is 22.3.